The van der Waals surface area contributed by atoms with Gasteiger partial charge in [-0.05, 0) is 85.9 Å². The van der Waals surface area contributed by atoms with Gasteiger partial charge in [0.05, 0.1) is 26.0 Å². The lowest BCUT2D eigenvalue weighted by Gasteiger charge is -2.30. The van der Waals surface area contributed by atoms with Crippen LogP contribution in [0, 0.1) is 17.8 Å². The van der Waals surface area contributed by atoms with Gasteiger partial charge in [-0.3, -0.25) is 9.52 Å². The second kappa shape index (κ2) is 10.1. The van der Waals surface area contributed by atoms with Gasteiger partial charge in [-0.15, -0.1) is 0 Å². The zero-order valence-electron chi connectivity index (χ0n) is 20.0. The third kappa shape index (κ3) is 5.90. The molecule has 2 aromatic carbocycles. The molecule has 3 fully saturated rings. The zero-order valence-corrected chi connectivity index (χ0v) is 20.9. The number of sulfonamides is 1. The Morgan fingerprint density at radius 1 is 1.03 bits per heavy atom. The lowest BCUT2D eigenvalue weighted by molar-refractivity contribution is -0.117. The molecule has 3 aliphatic rings. The van der Waals surface area contributed by atoms with Gasteiger partial charge in [0.15, 0.2) is 0 Å². The highest BCUT2D eigenvalue weighted by Gasteiger charge is 2.42. The van der Waals surface area contributed by atoms with Crippen LogP contribution >= 0.6 is 0 Å². The number of nitrogens with zero attached hydrogens (tertiary/aromatic N) is 1. The third-order valence-electron chi connectivity index (χ3n) is 7.10. The number of nitrogens with one attached hydrogen (secondary N) is 2. The molecule has 1 heterocycles. The predicted molar refractivity (Wildman–Crippen MR) is 135 cm³/mol. The van der Waals surface area contributed by atoms with Crippen LogP contribution in [-0.2, 0) is 19.6 Å². The molecular formula is C26H33N3O5S. The van der Waals surface area contributed by atoms with Crippen LogP contribution in [0.4, 0.5) is 17.1 Å². The van der Waals surface area contributed by atoms with Crippen molar-refractivity contribution in [2.24, 2.45) is 17.8 Å². The normalized spacial score (nSPS) is 18.4. The maximum atomic E-state index is 13.5. The van der Waals surface area contributed by atoms with Gasteiger partial charge in [-0.25, -0.2) is 8.42 Å². The van der Waals surface area contributed by atoms with E-state index in [-0.39, 0.29) is 10.8 Å². The van der Waals surface area contributed by atoms with Crippen molar-refractivity contribution in [1.82, 2.24) is 0 Å². The van der Waals surface area contributed by atoms with Crippen molar-refractivity contribution >= 4 is 33.0 Å². The monoisotopic (exact) mass is 499 g/mol. The fraction of sp³-hybridized carbons (Fsp3) is 0.500. The van der Waals surface area contributed by atoms with Crippen LogP contribution < -0.4 is 19.7 Å². The smallest absolute Gasteiger partial charge is 0.264 e. The standard InChI is InChI=1S/C26H33N3O5S/c1-33-22-9-6-20(7-10-22)28-35(31,32)25-16-21(8-11-24(25)29-12-14-34-15-13-29)27-26(30)17-23(18-2-3-18)19-4-5-19/h6-11,16,18-19,23,28H,2-5,12-15,17H2,1H3,(H,27,30). The Bertz CT molecular complexity index is 1140. The summed E-state index contributed by atoms with van der Waals surface area (Å²) in [4.78, 5) is 15.0. The van der Waals surface area contributed by atoms with Crippen molar-refractivity contribution in [3.05, 3.63) is 42.5 Å². The van der Waals surface area contributed by atoms with Crippen molar-refractivity contribution in [3.63, 3.8) is 0 Å². The lowest BCUT2D eigenvalue weighted by Crippen LogP contribution is -2.37. The van der Waals surface area contributed by atoms with Gasteiger partial charge in [0.1, 0.15) is 10.6 Å². The summed E-state index contributed by atoms with van der Waals surface area (Å²) in [5, 5.41) is 2.97. The summed E-state index contributed by atoms with van der Waals surface area (Å²) in [6.07, 6.45) is 5.40. The molecule has 0 radical (unpaired) electrons. The highest BCUT2D eigenvalue weighted by Crippen LogP contribution is 2.50. The van der Waals surface area contributed by atoms with Crippen molar-refractivity contribution in [2.45, 2.75) is 37.0 Å². The molecule has 1 aliphatic heterocycles. The number of amides is 1. The summed E-state index contributed by atoms with van der Waals surface area (Å²) in [5.41, 5.74) is 1.53. The Morgan fingerprint density at radius 3 is 2.26 bits per heavy atom. The minimum atomic E-state index is -3.93. The number of methoxy groups -OCH3 is 1. The number of benzene rings is 2. The van der Waals surface area contributed by atoms with E-state index in [2.05, 4.69) is 10.0 Å². The number of hydrogen-bond acceptors (Lipinski definition) is 6. The minimum absolute atomic E-state index is 0.0422. The highest BCUT2D eigenvalue weighted by molar-refractivity contribution is 7.92. The molecule has 0 bridgehead atoms. The number of morpholine rings is 1. The summed E-state index contributed by atoms with van der Waals surface area (Å²) >= 11 is 0. The van der Waals surface area contributed by atoms with Crippen LogP contribution in [0.15, 0.2) is 47.4 Å². The van der Waals surface area contributed by atoms with Gasteiger partial charge < -0.3 is 19.7 Å². The molecule has 9 heteroatoms. The fourth-order valence-corrected chi connectivity index (χ4v) is 6.25. The summed E-state index contributed by atoms with van der Waals surface area (Å²) in [6, 6.07) is 11.9. The summed E-state index contributed by atoms with van der Waals surface area (Å²) in [7, 11) is -2.37. The molecule has 188 valence electrons. The van der Waals surface area contributed by atoms with E-state index in [0.29, 0.717) is 73.3 Å². The van der Waals surface area contributed by atoms with E-state index in [1.165, 1.54) is 25.7 Å². The van der Waals surface area contributed by atoms with Crippen molar-refractivity contribution < 1.29 is 22.7 Å². The number of carbonyl (C=O) groups excluding carboxylic acids is 1. The second-order valence-corrected chi connectivity index (χ2v) is 11.4. The van der Waals surface area contributed by atoms with Gasteiger partial charge in [0.25, 0.3) is 10.0 Å². The Hall–Kier alpha value is -2.78. The first-order valence-electron chi connectivity index (χ1n) is 12.4. The van der Waals surface area contributed by atoms with E-state index in [4.69, 9.17) is 9.47 Å². The van der Waals surface area contributed by atoms with Crippen molar-refractivity contribution in [3.8, 4) is 5.75 Å². The first-order chi connectivity index (χ1) is 16.9. The lowest BCUT2D eigenvalue weighted by atomic mass is 9.94. The van der Waals surface area contributed by atoms with Crippen LogP contribution in [0.3, 0.4) is 0 Å². The molecule has 1 amide bonds. The molecule has 1 saturated heterocycles. The molecule has 0 unspecified atom stereocenters. The van der Waals surface area contributed by atoms with Crippen LogP contribution in [-0.4, -0.2) is 47.7 Å². The largest absolute Gasteiger partial charge is 0.497 e. The third-order valence-corrected chi connectivity index (χ3v) is 8.51. The number of hydrogen-bond donors (Lipinski definition) is 2. The fourth-order valence-electron chi connectivity index (χ4n) is 4.93. The molecule has 35 heavy (non-hydrogen) atoms. The average Bonchev–Trinajstić information content (AvgIpc) is 3.77. The van der Waals surface area contributed by atoms with E-state index in [9.17, 15) is 13.2 Å². The first kappa shape index (κ1) is 23.9. The van der Waals surface area contributed by atoms with Gasteiger partial charge in [0.2, 0.25) is 5.91 Å². The topological polar surface area (TPSA) is 97.0 Å². The molecule has 0 aromatic heterocycles. The molecule has 0 spiro atoms. The Labute approximate surface area is 207 Å². The summed E-state index contributed by atoms with van der Waals surface area (Å²) < 4.78 is 40.3. The maximum Gasteiger partial charge on any atom is 0.264 e. The van der Waals surface area contributed by atoms with Crippen LogP contribution in [0.5, 0.6) is 5.75 Å². The van der Waals surface area contributed by atoms with Gasteiger partial charge >= 0.3 is 0 Å². The van der Waals surface area contributed by atoms with Crippen LogP contribution in [0.1, 0.15) is 32.1 Å². The van der Waals surface area contributed by atoms with Gasteiger partial charge in [0, 0.05) is 30.9 Å². The molecule has 2 saturated carbocycles. The van der Waals surface area contributed by atoms with E-state index in [0.717, 1.165) is 0 Å². The van der Waals surface area contributed by atoms with E-state index >= 15 is 0 Å². The van der Waals surface area contributed by atoms with Crippen LogP contribution in [0.2, 0.25) is 0 Å². The average molecular weight is 500 g/mol. The SMILES string of the molecule is COc1ccc(NS(=O)(=O)c2cc(NC(=O)CC(C3CC3)C3CC3)ccc2N2CCOCC2)cc1. The van der Waals surface area contributed by atoms with Crippen molar-refractivity contribution in [2.75, 3.05) is 48.4 Å². The van der Waals surface area contributed by atoms with E-state index in [1.54, 1.807) is 49.6 Å². The molecule has 2 aromatic rings. The zero-order chi connectivity index (χ0) is 24.4. The Kier molecular flexibility index (Phi) is 6.88. The molecule has 2 N–H and O–H groups in total. The molecule has 5 rings (SSSR count). The molecule has 2 aliphatic carbocycles. The summed E-state index contributed by atoms with van der Waals surface area (Å²) in [6.45, 7) is 2.27. The Balaban J connectivity index is 1.38. The Morgan fingerprint density at radius 2 is 1.66 bits per heavy atom. The summed E-state index contributed by atoms with van der Waals surface area (Å²) in [5.74, 6) is 2.42. The molecular weight excluding hydrogens is 466 g/mol. The number of anilines is 3. The second-order valence-electron chi connectivity index (χ2n) is 9.71. The van der Waals surface area contributed by atoms with Crippen LogP contribution in [0.25, 0.3) is 0 Å². The van der Waals surface area contributed by atoms with Gasteiger partial charge in [-0.1, -0.05) is 0 Å². The first-order valence-corrected chi connectivity index (χ1v) is 13.8. The number of carbonyl (C=O) groups is 1. The number of ether oxygens (including phenoxy) is 2. The molecule has 8 nitrogen and oxygen atoms in total. The minimum Gasteiger partial charge on any atom is -0.497 e. The molecule has 0 atom stereocenters. The van der Waals surface area contributed by atoms with E-state index in [1.807, 2.05) is 4.90 Å². The quantitative estimate of drug-likeness (QED) is 0.511. The van der Waals surface area contributed by atoms with Gasteiger partial charge in [-0.2, -0.15) is 0 Å². The van der Waals surface area contributed by atoms with E-state index < -0.39 is 10.0 Å². The maximum absolute atomic E-state index is 13.5. The highest BCUT2D eigenvalue weighted by atomic mass is 32.2. The predicted octanol–water partition coefficient (Wildman–Crippen LogP) is 4.10. The van der Waals surface area contributed by atoms with Crippen molar-refractivity contribution in [1.29, 1.82) is 0 Å². The number of rotatable bonds is 10.